The molecule has 0 bridgehead atoms. The summed E-state index contributed by atoms with van der Waals surface area (Å²) in [4.78, 5) is 45.1. The number of hydrogen-bond acceptors (Lipinski definition) is 12. The number of aldehydes is 1. The molecule has 6 atom stereocenters. The van der Waals surface area contributed by atoms with Gasteiger partial charge in [-0.3, -0.25) is 19.8 Å². The number of rotatable bonds is 21. The molecule has 1 saturated carbocycles. The van der Waals surface area contributed by atoms with Crippen LogP contribution in [0.15, 0.2) is 139 Å². The van der Waals surface area contributed by atoms with E-state index in [1.807, 2.05) is 60.7 Å². The lowest BCUT2D eigenvalue weighted by Gasteiger charge is -2.59. The van der Waals surface area contributed by atoms with E-state index >= 15 is 0 Å². The number of unbranched alkanes of at least 4 members (excludes halogenated alkanes) is 2. The number of methoxy groups -OCH3 is 1. The maximum atomic E-state index is 14.6. The van der Waals surface area contributed by atoms with Crippen molar-refractivity contribution in [1.82, 2.24) is 4.90 Å². The van der Waals surface area contributed by atoms with Crippen LogP contribution in [-0.2, 0) is 27.5 Å². The minimum atomic E-state index is -1.56. The predicted molar refractivity (Wildman–Crippen MR) is 257 cm³/mol. The Labute approximate surface area is 395 Å². The van der Waals surface area contributed by atoms with E-state index in [0.29, 0.717) is 46.9 Å². The Balaban J connectivity index is 1.34. The van der Waals surface area contributed by atoms with Gasteiger partial charge < -0.3 is 34.0 Å². The van der Waals surface area contributed by atoms with Crippen LogP contribution in [0.3, 0.4) is 0 Å². The van der Waals surface area contributed by atoms with Gasteiger partial charge in [0.1, 0.15) is 36.2 Å². The molecule has 2 aliphatic carbocycles. The molecule has 14 heteroatoms. The molecule has 5 aromatic rings. The molecule has 14 nitrogen and oxygen atoms in total. The highest BCUT2D eigenvalue weighted by molar-refractivity contribution is 6.03. The Bertz CT molecular complexity index is 2660. The number of amides is 1. The van der Waals surface area contributed by atoms with Crippen molar-refractivity contribution in [2.75, 3.05) is 26.9 Å². The van der Waals surface area contributed by atoms with Gasteiger partial charge in [-0.15, -0.1) is 6.58 Å². The molecule has 1 heterocycles. The smallest absolute Gasteiger partial charge is 0.410 e. The molecule has 1 amide bonds. The van der Waals surface area contributed by atoms with Gasteiger partial charge in [0, 0.05) is 48.8 Å². The molecule has 1 aliphatic heterocycles. The Kier molecular flexibility index (Phi) is 15.3. The second-order valence-corrected chi connectivity index (χ2v) is 17.5. The zero-order chi connectivity index (χ0) is 47.6. The summed E-state index contributed by atoms with van der Waals surface area (Å²) in [6, 6.07) is 31.8. The number of hydrogen-bond donors (Lipinski definition) is 2. The van der Waals surface area contributed by atoms with Crippen LogP contribution in [0.2, 0.25) is 0 Å². The van der Waals surface area contributed by atoms with Gasteiger partial charge in [0.15, 0.2) is 0 Å². The predicted octanol–water partition coefficient (Wildman–Crippen LogP) is 10.5. The second kappa shape index (κ2) is 21.8. The molecule has 68 heavy (non-hydrogen) atoms. The standard InChI is InChI=1S/C54H57N3O11/c1-3-28-65-54-50(56(53(61)64-2)33-40-16-11-15-38-13-4-5-18-44(38)40)32-48(55-66-35-36-20-22-41(23-21-36)57(62)63)46-30-39(14-6-8-26-58)45(19-7-9-27-59)51(52(46)54)47-31-43(24-25-49(47)68-54)67-42-17-10-12-37(29-42)34-60/h3-5,10-13,15-18,20-25,29-31,34,39,45,50-52,58-59H,1,6-9,14,19,26-28,32-33,35H2,2H3/t39-,45+,50-,51+,52+,54+/m0/s1. The van der Waals surface area contributed by atoms with Crippen LogP contribution in [0.5, 0.6) is 17.2 Å². The SMILES string of the molecule is C=CCO[C@@]12Oc3ccc(Oc4cccc(C=O)c4)cc3[C@H]3[C@H](CCCCO)[C@@H](CCCCO)C=C(C(=NOCc4ccc([N+](=O)[O-])cc4)C[C@@H]1N(Cc1cccc4ccccc14)C(=O)OC)[C@H]32. The molecule has 0 saturated heterocycles. The van der Waals surface area contributed by atoms with Crippen molar-refractivity contribution < 1.29 is 48.5 Å². The fraction of sp³-hybridized carbons (Fsp3) is 0.352. The minimum Gasteiger partial charge on any atom is -0.459 e. The van der Waals surface area contributed by atoms with E-state index in [9.17, 15) is 29.9 Å². The number of nitro groups is 1. The molecule has 0 spiro atoms. The number of non-ortho nitro benzene ring substituents is 1. The van der Waals surface area contributed by atoms with E-state index in [-0.39, 0.29) is 62.8 Å². The normalized spacial score (nSPS) is 22.0. The molecule has 2 N–H and O–H groups in total. The molecule has 0 aromatic heterocycles. The first kappa shape index (κ1) is 47.6. The van der Waals surface area contributed by atoms with E-state index < -0.39 is 28.8 Å². The monoisotopic (exact) mass is 923 g/mol. The zero-order valence-corrected chi connectivity index (χ0v) is 38.1. The van der Waals surface area contributed by atoms with Crippen molar-refractivity contribution in [2.24, 2.45) is 22.9 Å². The van der Waals surface area contributed by atoms with Gasteiger partial charge in [0.25, 0.3) is 5.69 Å². The third-order valence-electron chi connectivity index (χ3n) is 13.4. The van der Waals surface area contributed by atoms with Gasteiger partial charge in [-0.1, -0.05) is 84.7 Å². The van der Waals surface area contributed by atoms with Gasteiger partial charge in [-0.2, -0.15) is 0 Å². The van der Waals surface area contributed by atoms with Crippen molar-refractivity contribution in [2.45, 2.75) is 75.8 Å². The molecule has 5 aromatic carbocycles. The summed E-state index contributed by atoms with van der Waals surface area (Å²) >= 11 is 0. The van der Waals surface area contributed by atoms with Crippen LogP contribution in [-0.4, -0.2) is 76.9 Å². The van der Waals surface area contributed by atoms with E-state index in [4.69, 9.17) is 28.9 Å². The van der Waals surface area contributed by atoms with Crippen molar-refractivity contribution >= 4 is 34.6 Å². The number of allylic oxidation sites excluding steroid dienone is 1. The van der Waals surface area contributed by atoms with Crippen molar-refractivity contribution in [1.29, 1.82) is 0 Å². The third kappa shape index (κ3) is 10.0. The molecule has 8 rings (SSSR count). The fourth-order valence-corrected chi connectivity index (χ4v) is 10.4. The molecule has 0 unspecified atom stereocenters. The first-order valence-electron chi connectivity index (χ1n) is 23.2. The Morgan fingerprint density at radius 2 is 1.69 bits per heavy atom. The maximum Gasteiger partial charge on any atom is 0.410 e. The topological polar surface area (TPSA) is 179 Å². The number of carbonyl (C=O) groups is 2. The highest BCUT2D eigenvalue weighted by Crippen LogP contribution is 2.62. The Morgan fingerprint density at radius 3 is 2.44 bits per heavy atom. The van der Waals surface area contributed by atoms with E-state index in [1.54, 1.807) is 47.4 Å². The van der Waals surface area contributed by atoms with Crippen LogP contribution < -0.4 is 9.47 Å². The van der Waals surface area contributed by atoms with E-state index in [1.165, 1.54) is 19.2 Å². The number of aliphatic hydroxyl groups excluding tert-OH is 2. The first-order chi connectivity index (χ1) is 33.2. The van der Waals surface area contributed by atoms with Gasteiger partial charge in [0.05, 0.1) is 36.8 Å². The molecular formula is C54H57N3O11. The highest BCUT2D eigenvalue weighted by atomic mass is 16.7. The summed E-state index contributed by atoms with van der Waals surface area (Å²) in [6.07, 6.45) is 8.37. The summed E-state index contributed by atoms with van der Waals surface area (Å²) < 4.78 is 26.6. The quantitative estimate of drug-likeness (QED) is 0.0235. The zero-order valence-electron chi connectivity index (χ0n) is 38.1. The number of benzene rings is 5. The van der Waals surface area contributed by atoms with Gasteiger partial charge in [0.2, 0.25) is 5.79 Å². The number of aliphatic hydroxyl groups is 2. The summed E-state index contributed by atoms with van der Waals surface area (Å²) in [5.41, 5.74) is 4.24. The van der Waals surface area contributed by atoms with E-state index in [0.717, 1.165) is 59.4 Å². The molecular weight excluding hydrogens is 867 g/mol. The lowest BCUT2D eigenvalue weighted by atomic mass is 9.55. The molecule has 354 valence electrons. The number of oxime groups is 1. The second-order valence-electron chi connectivity index (χ2n) is 17.5. The molecule has 1 fully saturated rings. The summed E-state index contributed by atoms with van der Waals surface area (Å²) in [5.74, 6) is -1.04. The van der Waals surface area contributed by atoms with Gasteiger partial charge in [-0.05, 0) is 107 Å². The van der Waals surface area contributed by atoms with Crippen LogP contribution in [0.25, 0.3) is 10.8 Å². The average molecular weight is 924 g/mol. The van der Waals surface area contributed by atoms with Crippen LogP contribution >= 0.6 is 0 Å². The lowest BCUT2D eigenvalue weighted by molar-refractivity contribution is -0.384. The summed E-state index contributed by atoms with van der Waals surface area (Å²) in [7, 11) is 1.35. The molecule has 3 aliphatic rings. The first-order valence-corrected chi connectivity index (χ1v) is 23.2. The minimum absolute atomic E-state index is 0.0113. The number of fused-ring (bicyclic) bond motifs is 3. The fourth-order valence-electron chi connectivity index (χ4n) is 10.4. The number of carbonyl (C=O) groups excluding carboxylic acids is 2. The Hall–Kier alpha value is -6.87. The van der Waals surface area contributed by atoms with Crippen molar-refractivity contribution in [3.8, 4) is 17.2 Å². The van der Waals surface area contributed by atoms with Crippen molar-refractivity contribution in [3.63, 3.8) is 0 Å². The van der Waals surface area contributed by atoms with E-state index in [2.05, 4.69) is 12.7 Å². The van der Waals surface area contributed by atoms with Crippen LogP contribution in [0.4, 0.5) is 10.5 Å². The van der Waals surface area contributed by atoms with Crippen LogP contribution in [0.1, 0.15) is 77.9 Å². The largest absolute Gasteiger partial charge is 0.459 e. The Morgan fingerprint density at radius 1 is 0.941 bits per heavy atom. The third-order valence-corrected chi connectivity index (χ3v) is 13.4. The van der Waals surface area contributed by atoms with Gasteiger partial charge in [-0.25, -0.2) is 4.79 Å². The number of nitrogens with zero attached hydrogens (tertiary/aromatic N) is 3. The average Bonchev–Trinajstić information content (AvgIpc) is 3.36. The molecule has 0 radical (unpaired) electrons. The summed E-state index contributed by atoms with van der Waals surface area (Å²) in [6.45, 7) is 4.33. The van der Waals surface area contributed by atoms with Crippen LogP contribution in [0, 0.1) is 27.9 Å². The maximum absolute atomic E-state index is 14.6. The lowest BCUT2D eigenvalue weighted by Crippen LogP contribution is -2.70. The van der Waals surface area contributed by atoms with Crippen molar-refractivity contribution in [3.05, 3.63) is 166 Å². The van der Waals surface area contributed by atoms with Gasteiger partial charge >= 0.3 is 6.09 Å². The number of ether oxygens (including phenoxy) is 4. The highest BCUT2D eigenvalue weighted by Gasteiger charge is 2.65. The number of nitro benzene ring substituents is 1. The summed E-state index contributed by atoms with van der Waals surface area (Å²) in [5, 5.41) is 38.3.